The summed E-state index contributed by atoms with van der Waals surface area (Å²) in [7, 11) is 1.63. The largest absolute Gasteiger partial charge is 0.463 e. The van der Waals surface area contributed by atoms with E-state index in [9.17, 15) is 4.79 Å². The fourth-order valence-electron chi connectivity index (χ4n) is 1.95. The average Bonchev–Trinajstić information content (AvgIpc) is 2.83. The molecule has 19 heavy (non-hydrogen) atoms. The van der Waals surface area contributed by atoms with Crippen molar-refractivity contribution in [1.29, 1.82) is 0 Å². The second kappa shape index (κ2) is 6.73. The highest BCUT2D eigenvalue weighted by molar-refractivity contribution is 9.09. The molecule has 0 aliphatic rings. The summed E-state index contributed by atoms with van der Waals surface area (Å²) in [4.78, 5) is 12.2. The van der Waals surface area contributed by atoms with Gasteiger partial charge in [0, 0.05) is 17.8 Å². The van der Waals surface area contributed by atoms with Crippen LogP contribution in [0.1, 0.15) is 16.8 Å². The quantitative estimate of drug-likeness (QED) is 0.831. The Kier molecular flexibility index (Phi) is 4.99. The van der Waals surface area contributed by atoms with E-state index in [4.69, 9.17) is 9.15 Å². The molecule has 0 bridgehead atoms. The van der Waals surface area contributed by atoms with Crippen LogP contribution < -0.4 is 5.32 Å². The molecular formula is C14H16BrNO3. The molecule has 1 unspecified atom stereocenters. The van der Waals surface area contributed by atoms with E-state index in [0.717, 1.165) is 22.7 Å². The van der Waals surface area contributed by atoms with Crippen molar-refractivity contribution < 1.29 is 13.9 Å². The number of alkyl halides is 1. The molecule has 1 aromatic heterocycles. The summed E-state index contributed by atoms with van der Waals surface area (Å²) in [5.74, 6) is -0.132. The average molecular weight is 326 g/mol. The van der Waals surface area contributed by atoms with Gasteiger partial charge < -0.3 is 14.5 Å². The van der Waals surface area contributed by atoms with Crippen molar-refractivity contribution in [2.75, 3.05) is 19.0 Å². The smallest absolute Gasteiger partial charge is 0.255 e. The van der Waals surface area contributed by atoms with Gasteiger partial charge in [-0.05, 0) is 12.5 Å². The second-order valence-electron chi connectivity index (χ2n) is 4.25. The minimum Gasteiger partial charge on any atom is -0.463 e. The zero-order valence-electron chi connectivity index (χ0n) is 10.7. The van der Waals surface area contributed by atoms with Crippen molar-refractivity contribution in [1.82, 2.24) is 5.32 Å². The number of rotatable bonds is 6. The molecule has 0 radical (unpaired) electrons. The summed E-state index contributed by atoms with van der Waals surface area (Å²) in [5, 5.41) is 4.60. The standard InChI is InChI=1S/C14H16BrNO3/c1-18-8-10(6-7-15)16-14(17)12-9-19-13-5-3-2-4-11(12)13/h2-5,9-10H,6-8H2,1H3,(H,16,17). The number of methoxy groups -OCH3 is 1. The molecule has 1 amide bonds. The van der Waals surface area contributed by atoms with Gasteiger partial charge in [0.25, 0.3) is 5.91 Å². The molecule has 0 aliphatic carbocycles. The summed E-state index contributed by atoms with van der Waals surface area (Å²) in [6.07, 6.45) is 2.31. The van der Waals surface area contributed by atoms with Gasteiger partial charge >= 0.3 is 0 Å². The maximum Gasteiger partial charge on any atom is 0.255 e. The van der Waals surface area contributed by atoms with Crippen LogP contribution in [0.25, 0.3) is 11.0 Å². The molecule has 1 aromatic carbocycles. The second-order valence-corrected chi connectivity index (χ2v) is 5.04. The normalized spacial score (nSPS) is 12.5. The molecule has 0 spiro atoms. The third-order valence-electron chi connectivity index (χ3n) is 2.89. The van der Waals surface area contributed by atoms with E-state index < -0.39 is 0 Å². The molecule has 4 nitrogen and oxygen atoms in total. The highest BCUT2D eigenvalue weighted by Crippen LogP contribution is 2.20. The number of hydrogen-bond acceptors (Lipinski definition) is 3. The van der Waals surface area contributed by atoms with Crippen LogP contribution in [0.5, 0.6) is 0 Å². The van der Waals surface area contributed by atoms with Gasteiger partial charge in [0.2, 0.25) is 0 Å². The molecular weight excluding hydrogens is 310 g/mol. The first kappa shape index (κ1) is 14.1. The Balaban J connectivity index is 2.14. The maximum atomic E-state index is 12.2. The zero-order valence-corrected chi connectivity index (χ0v) is 12.3. The Morgan fingerprint density at radius 1 is 1.47 bits per heavy atom. The monoisotopic (exact) mass is 325 g/mol. The number of ether oxygens (including phenoxy) is 1. The molecule has 0 fully saturated rings. The molecule has 0 aliphatic heterocycles. The lowest BCUT2D eigenvalue weighted by molar-refractivity contribution is 0.0896. The lowest BCUT2D eigenvalue weighted by atomic mass is 10.1. The molecule has 2 aromatic rings. The number of fused-ring (bicyclic) bond motifs is 1. The molecule has 1 N–H and O–H groups in total. The van der Waals surface area contributed by atoms with E-state index in [0.29, 0.717) is 12.2 Å². The number of benzene rings is 1. The maximum absolute atomic E-state index is 12.2. The van der Waals surface area contributed by atoms with Gasteiger partial charge in [0.05, 0.1) is 18.2 Å². The molecule has 5 heteroatoms. The number of carbonyl (C=O) groups excluding carboxylic acids is 1. The number of furan rings is 1. The molecule has 1 heterocycles. The third-order valence-corrected chi connectivity index (χ3v) is 3.34. The van der Waals surface area contributed by atoms with Crippen LogP contribution in [0.2, 0.25) is 0 Å². The summed E-state index contributed by atoms with van der Waals surface area (Å²) in [6, 6.07) is 7.48. The molecule has 102 valence electrons. The predicted octanol–water partition coefficient (Wildman–Crippen LogP) is 2.96. The first-order chi connectivity index (χ1) is 9.26. The van der Waals surface area contributed by atoms with E-state index in [1.165, 1.54) is 6.26 Å². The Labute approximate surface area is 120 Å². The first-order valence-electron chi connectivity index (χ1n) is 6.08. The lowest BCUT2D eigenvalue weighted by Gasteiger charge is -2.16. The van der Waals surface area contributed by atoms with Crippen LogP contribution in [0.3, 0.4) is 0 Å². The molecule has 0 saturated heterocycles. The van der Waals surface area contributed by atoms with Crippen LogP contribution in [-0.4, -0.2) is 31.0 Å². The minimum atomic E-state index is -0.132. The van der Waals surface area contributed by atoms with E-state index in [1.807, 2.05) is 24.3 Å². The van der Waals surface area contributed by atoms with Gasteiger partial charge in [-0.3, -0.25) is 4.79 Å². The first-order valence-corrected chi connectivity index (χ1v) is 7.20. The van der Waals surface area contributed by atoms with Crippen LogP contribution in [0.4, 0.5) is 0 Å². The van der Waals surface area contributed by atoms with Gasteiger partial charge in [-0.15, -0.1) is 0 Å². The number of hydrogen-bond donors (Lipinski definition) is 1. The minimum absolute atomic E-state index is 0.00876. The Hall–Kier alpha value is -1.33. The summed E-state index contributed by atoms with van der Waals surface area (Å²) < 4.78 is 10.5. The van der Waals surface area contributed by atoms with Crippen molar-refractivity contribution in [3.05, 3.63) is 36.1 Å². The SMILES string of the molecule is COCC(CCBr)NC(=O)c1coc2ccccc12. The lowest BCUT2D eigenvalue weighted by Crippen LogP contribution is -2.38. The number of halogens is 1. The fourth-order valence-corrected chi connectivity index (χ4v) is 2.50. The number of carbonyl (C=O) groups is 1. The number of amides is 1. The molecule has 0 saturated carbocycles. The Morgan fingerprint density at radius 3 is 3.00 bits per heavy atom. The van der Waals surface area contributed by atoms with Gasteiger partial charge in [0.1, 0.15) is 11.8 Å². The van der Waals surface area contributed by atoms with E-state index >= 15 is 0 Å². The highest BCUT2D eigenvalue weighted by Gasteiger charge is 2.17. The number of para-hydroxylation sites is 1. The van der Waals surface area contributed by atoms with Crippen molar-refractivity contribution >= 4 is 32.8 Å². The van der Waals surface area contributed by atoms with Crippen molar-refractivity contribution in [3.8, 4) is 0 Å². The Bertz CT molecular complexity index is 546. The van der Waals surface area contributed by atoms with Crippen LogP contribution >= 0.6 is 15.9 Å². The summed E-state index contributed by atoms with van der Waals surface area (Å²) >= 11 is 3.37. The van der Waals surface area contributed by atoms with Gasteiger partial charge in [-0.25, -0.2) is 0 Å². The van der Waals surface area contributed by atoms with Crippen LogP contribution in [0, 0.1) is 0 Å². The van der Waals surface area contributed by atoms with Crippen molar-refractivity contribution in [2.45, 2.75) is 12.5 Å². The predicted molar refractivity (Wildman–Crippen MR) is 77.8 cm³/mol. The van der Waals surface area contributed by atoms with Gasteiger partial charge in [-0.2, -0.15) is 0 Å². The van der Waals surface area contributed by atoms with Crippen molar-refractivity contribution in [2.24, 2.45) is 0 Å². The highest BCUT2D eigenvalue weighted by atomic mass is 79.9. The van der Waals surface area contributed by atoms with Gasteiger partial charge in [0.15, 0.2) is 0 Å². The zero-order chi connectivity index (χ0) is 13.7. The van der Waals surface area contributed by atoms with Crippen LogP contribution in [0.15, 0.2) is 34.9 Å². The van der Waals surface area contributed by atoms with Crippen molar-refractivity contribution in [3.63, 3.8) is 0 Å². The van der Waals surface area contributed by atoms with E-state index in [1.54, 1.807) is 7.11 Å². The topological polar surface area (TPSA) is 51.5 Å². The number of nitrogens with one attached hydrogen (secondary N) is 1. The summed E-state index contributed by atoms with van der Waals surface area (Å²) in [6.45, 7) is 0.493. The molecule has 2 rings (SSSR count). The molecule has 1 atom stereocenters. The Morgan fingerprint density at radius 2 is 2.26 bits per heavy atom. The summed E-state index contributed by atoms with van der Waals surface area (Å²) in [5.41, 5.74) is 1.28. The van der Waals surface area contributed by atoms with Crippen LogP contribution in [-0.2, 0) is 4.74 Å². The van der Waals surface area contributed by atoms with Gasteiger partial charge in [-0.1, -0.05) is 34.1 Å². The van der Waals surface area contributed by atoms with E-state index in [2.05, 4.69) is 21.2 Å². The third kappa shape index (κ3) is 3.36. The van der Waals surface area contributed by atoms with E-state index in [-0.39, 0.29) is 11.9 Å². The fraction of sp³-hybridized carbons (Fsp3) is 0.357.